The lowest BCUT2D eigenvalue weighted by Gasteiger charge is -2.45. The summed E-state index contributed by atoms with van der Waals surface area (Å²) in [5.74, 6) is -1.03. The van der Waals surface area contributed by atoms with Crippen LogP contribution in [0.25, 0.3) is 0 Å². The summed E-state index contributed by atoms with van der Waals surface area (Å²) in [6.07, 6.45) is 6.25. The first-order valence-electron chi connectivity index (χ1n) is 15.0. The van der Waals surface area contributed by atoms with Gasteiger partial charge in [-0.1, -0.05) is 73.5 Å². The number of hydrogen-bond acceptors (Lipinski definition) is 8. The Morgan fingerprint density at radius 3 is 1.14 bits per heavy atom. The van der Waals surface area contributed by atoms with Gasteiger partial charge >= 0.3 is 23.9 Å². The Hall–Kier alpha value is -3.68. The molecule has 0 aliphatic heterocycles. The van der Waals surface area contributed by atoms with E-state index in [-0.39, 0.29) is 60.8 Å². The minimum Gasteiger partial charge on any atom is -0.469 e. The van der Waals surface area contributed by atoms with Crippen LogP contribution in [0.15, 0.2) is 60.7 Å². The van der Waals surface area contributed by atoms with Gasteiger partial charge in [-0.25, -0.2) is 0 Å². The molecule has 224 valence electrons. The Morgan fingerprint density at radius 2 is 0.833 bits per heavy atom. The smallest absolute Gasteiger partial charge is 0.310 e. The predicted octanol–water partition coefficient (Wildman–Crippen LogP) is 5.13. The van der Waals surface area contributed by atoms with E-state index in [0.717, 1.165) is 49.7 Å². The Balaban J connectivity index is 0.000000168. The molecule has 0 radical (unpaired) electrons. The number of ether oxygens (including phenoxy) is 4. The van der Waals surface area contributed by atoms with Gasteiger partial charge in [-0.2, -0.15) is 0 Å². The van der Waals surface area contributed by atoms with Gasteiger partial charge in [-0.3, -0.25) is 19.2 Å². The summed E-state index contributed by atoms with van der Waals surface area (Å²) in [6, 6.07) is 19.2. The molecule has 0 unspecified atom stereocenters. The van der Waals surface area contributed by atoms with E-state index in [2.05, 4.69) is 0 Å². The van der Waals surface area contributed by atoms with Crippen molar-refractivity contribution in [2.24, 2.45) is 47.3 Å². The molecule has 4 fully saturated rings. The fraction of sp³-hybridized carbons (Fsp3) is 0.529. The molecule has 0 N–H and O–H groups in total. The molecule has 0 saturated heterocycles. The molecule has 6 rings (SSSR count). The average molecular weight is 577 g/mol. The minimum atomic E-state index is -0.311. The monoisotopic (exact) mass is 576 g/mol. The van der Waals surface area contributed by atoms with Gasteiger partial charge in [0.1, 0.15) is 13.2 Å². The van der Waals surface area contributed by atoms with Gasteiger partial charge in [0.05, 0.1) is 37.9 Å². The first-order valence-corrected chi connectivity index (χ1v) is 15.0. The molecule has 8 heteroatoms. The van der Waals surface area contributed by atoms with Crippen molar-refractivity contribution >= 4 is 23.9 Å². The van der Waals surface area contributed by atoms with E-state index in [1.54, 1.807) is 0 Å². The summed E-state index contributed by atoms with van der Waals surface area (Å²) < 4.78 is 20.6. The third kappa shape index (κ3) is 6.08. The number of esters is 4. The Kier molecular flexibility index (Phi) is 9.60. The molecule has 0 spiro atoms. The second-order valence-corrected chi connectivity index (χ2v) is 11.9. The zero-order valence-electron chi connectivity index (χ0n) is 24.3. The fourth-order valence-corrected chi connectivity index (χ4v) is 7.80. The molecule has 8 atom stereocenters. The zero-order valence-corrected chi connectivity index (χ0v) is 24.3. The van der Waals surface area contributed by atoms with Gasteiger partial charge < -0.3 is 18.9 Å². The summed E-state index contributed by atoms with van der Waals surface area (Å²) in [7, 11) is 2.77. The van der Waals surface area contributed by atoms with Crippen LogP contribution in [0, 0.1) is 47.3 Å². The number of rotatable bonds is 8. The summed E-state index contributed by atoms with van der Waals surface area (Å²) in [5.41, 5.74) is 1.92. The first-order chi connectivity index (χ1) is 20.4. The van der Waals surface area contributed by atoms with Gasteiger partial charge in [0.2, 0.25) is 0 Å². The van der Waals surface area contributed by atoms with Gasteiger partial charge in [0.25, 0.3) is 0 Å². The van der Waals surface area contributed by atoms with E-state index >= 15 is 0 Å². The van der Waals surface area contributed by atoms with E-state index in [1.165, 1.54) is 14.2 Å². The molecule has 2 aromatic carbocycles. The van der Waals surface area contributed by atoms with E-state index in [0.29, 0.717) is 23.7 Å². The molecule has 4 saturated carbocycles. The molecule has 0 bridgehead atoms. The maximum absolute atomic E-state index is 12.3. The standard InChI is InChI=1S/2C17H20O4/c2*1-20-16(18)14-12-8-5-9-13(12)15(14)17(19)21-10-11-6-3-2-4-7-11/h2*2-4,6-7,12-15H,5,8-10H2,1H3/t2*12-,13+,14+,15-/m10/s1. The third-order valence-electron chi connectivity index (χ3n) is 9.81. The van der Waals surface area contributed by atoms with Crippen molar-refractivity contribution in [3.63, 3.8) is 0 Å². The molecule has 8 nitrogen and oxygen atoms in total. The van der Waals surface area contributed by atoms with E-state index < -0.39 is 0 Å². The SMILES string of the molecule is COC(=O)[C@@H]1[C@H]2CCC[C@H]2[C@@H]1C(=O)OCc1ccccc1.COC(=O)[C@H]1[C@@H]2CCC[C@@H]2[C@H]1C(=O)OCc1ccccc1. The van der Waals surface area contributed by atoms with E-state index in [9.17, 15) is 19.2 Å². The van der Waals surface area contributed by atoms with Crippen LogP contribution in [0.1, 0.15) is 49.7 Å². The lowest BCUT2D eigenvalue weighted by Crippen LogP contribution is -2.52. The maximum Gasteiger partial charge on any atom is 0.310 e. The van der Waals surface area contributed by atoms with Crippen LogP contribution < -0.4 is 0 Å². The Labute approximate surface area is 247 Å². The topological polar surface area (TPSA) is 105 Å². The maximum atomic E-state index is 12.3. The average Bonchev–Trinajstić information content (AvgIpc) is 3.60. The lowest BCUT2D eigenvalue weighted by atomic mass is 9.58. The second-order valence-electron chi connectivity index (χ2n) is 11.9. The summed E-state index contributed by atoms with van der Waals surface area (Å²) in [5, 5.41) is 0. The third-order valence-corrected chi connectivity index (χ3v) is 9.81. The van der Waals surface area contributed by atoms with Crippen molar-refractivity contribution in [1.29, 1.82) is 0 Å². The highest BCUT2D eigenvalue weighted by Crippen LogP contribution is 2.57. The highest BCUT2D eigenvalue weighted by atomic mass is 16.5. The molecule has 0 aromatic heterocycles. The number of fused-ring (bicyclic) bond motifs is 2. The van der Waals surface area contributed by atoms with Crippen LogP contribution in [0.4, 0.5) is 0 Å². The van der Waals surface area contributed by atoms with E-state index in [4.69, 9.17) is 18.9 Å². The molecular formula is C34H40O8. The van der Waals surface area contributed by atoms with Crippen LogP contribution >= 0.6 is 0 Å². The van der Waals surface area contributed by atoms with Gasteiger partial charge in [-0.05, 0) is 60.5 Å². The van der Waals surface area contributed by atoms with Gasteiger partial charge in [-0.15, -0.1) is 0 Å². The van der Waals surface area contributed by atoms with Crippen molar-refractivity contribution < 1.29 is 38.1 Å². The molecule has 0 heterocycles. The number of hydrogen-bond donors (Lipinski definition) is 0. The summed E-state index contributed by atoms with van der Waals surface area (Å²) in [6.45, 7) is 0.531. The highest BCUT2D eigenvalue weighted by molar-refractivity contribution is 5.85. The highest BCUT2D eigenvalue weighted by Gasteiger charge is 2.60. The van der Waals surface area contributed by atoms with E-state index in [1.807, 2.05) is 60.7 Å². The van der Waals surface area contributed by atoms with Gasteiger partial charge in [0.15, 0.2) is 0 Å². The fourth-order valence-electron chi connectivity index (χ4n) is 7.80. The first kappa shape index (κ1) is 29.8. The lowest BCUT2D eigenvalue weighted by molar-refractivity contribution is -0.179. The molecular weight excluding hydrogens is 536 g/mol. The summed E-state index contributed by atoms with van der Waals surface area (Å²) in [4.78, 5) is 48.5. The zero-order chi connectivity index (χ0) is 29.6. The predicted molar refractivity (Wildman–Crippen MR) is 152 cm³/mol. The van der Waals surface area contributed by atoms with Crippen LogP contribution in [-0.2, 0) is 51.3 Å². The molecule has 0 amide bonds. The normalized spacial score (nSPS) is 30.1. The second kappa shape index (κ2) is 13.5. The molecule has 4 aliphatic carbocycles. The van der Waals surface area contributed by atoms with Crippen LogP contribution in [0.2, 0.25) is 0 Å². The van der Waals surface area contributed by atoms with Crippen molar-refractivity contribution in [3.8, 4) is 0 Å². The molecule has 42 heavy (non-hydrogen) atoms. The molecule has 2 aromatic rings. The van der Waals surface area contributed by atoms with Crippen molar-refractivity contribution in [1.82, 2.24) is 0 Å². The number of carbonyl (C=O) groups excluding carboxylic acids is 4. The summed E-state index contributed by atoms with van der Waals surface area (Å²) >= 11 is 0. The number of carbonyl (C=O) groups is 4. The van der Waals surface area contributed by atoms with Crippen molar-refractivity contribution in [2.75, 3.05) is 14.2 Å². The van der Waals surface area contributed by atoms with Crippen LogP contribution in [-0.4, -0.2) is 38.1 Å². The quantitative estimate of drug-likeness (QED) is 0.315. The van der Waals surface area contributed by atoms with Crippen LogP contribution in [0.5, 0.6) is 0 Å². The Bertz CT molecular complexity index is 1150. The van der Waals surface area contributed by atoms with Gasteiger partial charge in [0, 0.05) is 0 Å². The largest absolute Gasteiger partial charge is 0.469 e. The van der Waals surface area contributed by atoms with Crippen LogP contribution in [0.3, 0.4) is 0 Å². The molecule has 4 aliphatic rings. The van der Waals surface area contributed by atoms with Crippen molar-refractivity contribution in [3.05, 3.63) is 71.8 Å². The number of benzene rings is 2. The minimum absolute atomic E-state index is 0.252. The Morgan fingerprint density at radius 1 is 0.524 bits per heavy atom. The number of methoxy groups -OCH3 is 2. The van der Waals surface area contributed by atoms with Crippen molar-refractivity contribution in [2.45, 2.75) is 51.7 Å².